The molecule has 3 rings (SSSR count). The van der Waals surface area contributed by atoms with Crippen molar-refractivity contribution in [1.29, 1.82) is 0 Å². The van der Waals surface area contributed by atoms with Crippen molar-refractivity contribution >= 4 is 35.6 Å². The molecule has 0 radical (unpaired) electrons. The van der Waals surface area contributed by atoms with Crippen molar-refractivity contribution in [2.75, 3.05) is 38.7 Å². The summed E-state index contributed by atoms with van der Waals surface area (Å²) in [4.78, 5) is 13.5. The van der Waals surface area contributed by atoms with Crippen LogP contribution in [0.4, 0.5) is 5.69 Å². The lowest BCUT2D eigenvalue weighted by atomic mass is 10.2. The Kier molecular flexibility index (Phi) is 9.71. The average Bonchev–Trinajstić information content (AvgIpc) is 3.15. The minimum absolute atomic E-state index is 0. The number of likely N-dealkylation sites (tertiary alicyclic amines) is 1. The summed E-state index contributed by atoms with van der Waals surface area (Å²) in [5.41, 5.74) is 0.535. The van der Waals surface area contributed by atoms with E-state index in [2.05, 4.69) is 10.2 Å². The number of rotatable bonds is 9. The Balaban J connectivity index is 0.00000341. The van der Waals surface area contributed by atoms with Crippen LogP contribution >= 0.6 is 24.0 Å². The maximum absolute atomic E-state index is 11.4. The lowest BCUT2D eigenvalue weighted by Crippen LogP contribution is -2.35. The zero-order valence-electron chi connectivity index (χ0n) is 17.5. The first-order chi connectivity index (χ1) is 14.4. The van der Waals surface area contributed by atoms with Gasteiger partial charge >= 0.3 is 0 Å². The van der Waals surface area contributed by atoms with Crippen LogP contribution in [-0.4, -0.2) is 61.5 Å². The summed E-state index contributed by atoms with van der Waals surface area (Å²) in [6.45, 7) is 3.57. The molecule has 9 heteroatoms. The molecule has 1 saturated heterocycles. The van der Waals surface area contributed by atoms with Gasteiger partial charge < -0.3 is 24.6 Å². The maximum Gasteiger partial charge on any atom is 0.221 e. The first-order valence-electron chi connectivity index (χ1n) is 9.84. The number of β-amino-alcohol motifs (C(OH)–C–C–N with tert-alkyl or cyclic N) is 1. The van der Waals surface area contributed by atoms with Crippen molar-refractivity contribution in [3.63, 3.8) is 0 Å². The fraction of sp³-hybridized carbons (Fsp3) is 0.409. The number of methoxy groups -OCH3 is 1. The van der Waals surface area contributed by atoms with Gasteiger partial charge in [0, 0.05) is 37.6 Å². The Morgan fingerprint density at radius 2 is 1.97 bits per heavy atom. The Labute approximate surface area is 193 Å². The molecular formula is C22H28Cl2N2O5. The maximum atomic E-state index is 11.4. The highest BCUT2D eigenvalue weighted by atomic mass is 35.5. The molecule has 0 aromatic heterocycles. The Hall–Kier alpha value is -2.19. The molecule has 1 amide bonds. The van der Waals surface area contributed by atoms with Crippen LogP contribution in [-0.2, 0) is 4.79 Å². The van der Waals surface area contributed by atoms with Crippen LogP contribution < -0.4 is 19.5 Å². The highest BCUT2D eigenvalue weighted by molar-refractivity contribution is 6.30. The summed E-state index contributed by atoms with van der Waals surface area (Å²) in [7, 11) is 1.56. The minimum atomic E-state index is -0.685. The lowest BCUT2D eigenvalue weighted by molar-refractivity contribution is -0.114. The second-order valence-electron chi connectivity index (χ2n) is 7.25. The molecule has 2 atom stereocenters. The van der Waals surface area contributed by atoms with Gasteiger partial charge in [-0.1, -0.05) is 11.6 Å². The second-order valence-corrected chi connectivity index (χ2v) is 7.69. The Morgan fingerprint density at radius 3 is 2.65 bits per heavy atom. The molecule has 0 saturated carbocycles. The van der Waals surface area contributed by atoms with Crippen molar-refractivity contribution in [3.8, 4) is 17.2 Å². The van der Waals surface area contributed by atoms with Gasteiger partial charge in [0.15, 0.2) is 0 Å². The summed E-state index contributed by atoms with van der Waals surface area (Å²) >= 11 is 5.90. The summed E-state index contributed by atoms with van der Waals surface area (Å²) in [5, 5.41) is 13.8. The van der Waals surface area contributed by atoms with Crippen molar-refractivity contribution in [2.45, 2.75) is 25.6 Å². The first kappa shape index (κ1) is 25.1. The zero-order chi connectivity index (χ0) is 21.5. The van der Waals surface area contributed by atoms with Gasteiger partial charge in [-0.2, -0.15) is 0 Å². The number of aliphatic hydroxyl groups excluding tert-OH is 1. The van der Waals surface area contributed by atoms with Gasteiger partial charge in [-0.15, -0.1) is 12.4 Å². The largest absolute Gasteiger partial charge is 0.497 e. The highest BCUT2D eigenvalue weighted by Gasteiger charge is 2.26. The lowest BCUT2D eigenvalue weighted by Gasteiger charge is -2.21. The fourth-order valence-corrected chi connectivity index (χ4v) is 3.47. The molecular weight excluding hydrogens is 443 g/mol. The number of carbonyl (C=O) groups excluding carboxylic acids is 1. The van der Waals surface area contributed by atoms with E-state index in [0.29, 0.717) is 28.8 Å². The molecule has 31 heavy (non-hydrogen) atoms. The van der Waals surface area contributed by atoms with Crippen molar-refractivity contribution < 1.29 is 24.1 Å². The third-order valence-corrected chi connectivity index (χ3v) is 5.00. The summed E-state index contributed by atoms with van der Waals surface area (Å²) in [6.07, 6.45) is 0.276. The van der Waals surface area contributed by atoms with Gasteiger partial charge in [0.05, 0.1) is 12.8 Å². The summed E-state index contributed by atoms with van der Waals surface area (Å²) in [5.74, 6) is 1.65. The Bertz CT molecular complexity index is 850. The smallest absolute Gasteiger partial charge is 0.221 e. The number of nitrogens with zero attached hydrogens (tertiary/aromatic N) is 1. The number of benzene rings is 2. The molecule has 7 nitrogen and oxygen atoms in total. The van der Waals surface area contributed by atoms with Crippen LogP contribution in [0.1, 0.15) is 13.3 Å². The van der Waals surface area contributed by atoms with E-state index in [4.69, 9.17) is 25.8 Å². The second kappa shape index (κ2) is 12.0. The minimum Gasteiger partial charge on any atom is -0.497 e. The number of ether oxygens (including phenoxy) is 3. The van der Waals surface area contributed by atoms with E-state index >= 15 is 0 Å². The van der Waals surface area contributed by atoms with Gasteiger partial charge in [0.1, 0.15) is 36.1 Å². The number of hydrogen-bond acceptors (Lipinski definition) is 6. The van der Waals surface area contributed by atoms with Crippen molar-refractivity contribution in [3.05, 3.63) is 47.5 Å². The molecule has 1 fully saturated rings. The SMILES string of the molecule is COc1ccc(NC(C)=O)c(OCC(O)CN2CCC(Oc3ccc(Cl)cc3)C2)c1.Cl. The summed E-state index contributed by atoms with van der Waals surface area (Å²) < 4.78 is 17.0. The van der Waals surface area contributed by atoms with Gasteiger partial charge in [0.2, 0.25) is 5.91 Å². The molecule has 170 valence electrons. The first-order valence-corrected chi connectivity index (χ1v) is 10.2. The third-order valence-electron chi connectivity index (χ3n) is 4.75. The number of hydrogen-bond donors (Lipinski definition) is 2. The number of halogens is 2. The molecule has 1 aliphatic heterocycles. The van der Waals surface area contributed by atoms with Gasteiger partial charge in [0.25, 0.3) is 0 Å². The number of anilines is 1. The predicted octanol–water partition coefficient (Wildman–Crippen LogP) is 3.62. The molecule has 2 unspecified atom stereocenters. The van der Waals surface area contributed by atoms with Gasteiger partial charge in [-0.05, 0) is 42.8 Å². The predicted molar refractivity (Wildman–Crippen MR) is 123 cm³/mol. The number of amides is 1. The van der Waals surface area contributed by atoms with E-state index in [9.17, 15) is 9.90 Å². The van der Waals surface area contributed by atoms with E-state index in [0.717, 1.165) is 25.3 Å². The number of carbonyl (C=O) groups is 1. The molecule has 2 aromatic carbocycles. The van der Waals surface area contributed by atoms with Gasteiger partial charge in [-0.3, -0.25) is 9.69 Å². The van der Waals surface area contributed by atoms with E-state index in [1.54, 1.807) is 37.4 Å². The van der Waals surface area contributed by atoms with E-state index < -0.39 is 6.10 Å². The molecule has 1 heterocycles. The van der Waals surface area contributed by atoms with E-state index in [1.165, 1.54) is 6.92 Å². The van der Waals surface area contributed by atoms with Crippen LogP contribution in [0, 0.1) is 0 Å². The Morgan fingerprint density at radius 1 is 1.26 bits per heavy atom. The van der Waals surface area contributed by atoms with E-state index in [-0.39, 0.29) is 31.0 Å². The molecule has 0 bridgehead atoms. The van der Waals surface area contributed by atoms with E-state index in [1.807, 2.05) is 12.1 Å². The molecule has 2 aromatic rings. The van der Waals surface area contributed by atoms with Crippen molar-refractivity contribution in [2.24, 2.45) is 0 Å². The van der Waals surface area contributed by atoms with Crippen molar-refractivity contribution in [1.82, 2.24) is 4.90 Å². The monoisotopic (exact) mass is 470 g/mol. The normalized spacial score (nSPS) is 16.8. The standard InChI is InChI=1S/C22H27ClN2O5.ClH/c1-15(26)24-21-8-7-19(28-2)11-22(21)29-14-17(27)12-25-10-9-20(13-25)30-18-5-3-16(23)4-6-18;/h3-8,11,17,20,27H,9-10,12-14H2,1-2H3,(H,24,26);1H. The fourth-order valence-electron chi connectivity index (χ4n) is 3.34. The number of aliphatic hydroxyl groups is 1. The van der Waals surface area contributed by atoms with Crippen LogP contribution in [0.5, 0.6) is 17.2 Å². The summed E-state index contributed by atoms with van der Waals surface area (Å²) in [6, 6.07) is 12.4. The highest BCUT2D eigenvalue weighted by Crippen LogP contribution is 2.29. The molecule has 2 N–H and O–H groups in total. The van der Waals surface area contributed by atoms with Crippen LogP contribution in [0.2, 0.25) is 5.02 Å². The molecule has 0 aliphatic carbocycles. The molecule has 0 spiro atoms. The molecule has 1 aliphatic rings. The quantitative estimate of drug-likeness (QED) is 0.582. The average molecular weight is 471 g/mol. The van der Waals surface area contributed by atoms with Crippen LogP contribution in [0.15, 0.2) is 42.5 Å². The third kappa shape index (κ3) is 7.78. The van der Waals surface area contributed by atoms with Crippen LogP contribution in [0.3, 0.4) is 0 Å². The zero-order valence-corrected chi connectivity index (χ0v) is 19.1. The number of nitrogens with one attached hydrogen (secondary N) is 1. The van der Waals surface area contributed by atoms with Gasteiger partial charge in [-0.25, -0.2) is 0 Å². The topological polar surface area (TPSA) is 80.3 Å². The van der Waals surface area contributed by atoms with Crippen LogP contribution in [0.25, 0.3) is 0 Å².